The quantitative estimate of drug-likeness (QED) is 0.689. The zero-order chi connectivity index (χ0) is 13.4. The second kappa shape index (κ2) is 7.89. The van der Waals surface area contributed by atoms with Crippen LogP contribution >= 0.6 is 0 Å². The van der Waals surface area contributed by atoms with Crippen molar-refractivity contribution < 1.29 is 19.8 Å². The molecule has 17 heavy (non-hydrogen) atoms. The summed E-state index contributed by atoms with van der Waals surface area (Å²) in [5.74, 6) is -1.01. The van der Waals surface area contributed by atoms with Gasteiger partial charge in [0.05, 0.1) is 6.61 Å². The van der Waals surface area contributed by atoms with Gasteiger partial charge in [-0.2, -0.15) is 0 Å². The summed E-state index contributed by atoms with van der Waals surface area (Å²) in [5.41, 5.74) is 0. The van der Waals surface area contributed by atoms with Crippen LogP contribution < -0.4 is 0 Å². The number of carboxylic acid groups (broad SMARTS) is 1. The van der Waals surface area contributed by atoms with Crippen molar-refractivity contribution >= 4 is 12.0 Å². The molecule has 0 saturated carbocycles. The number of rotatable bonds is 7. The molecule has 0 aliphatic heterocycles. The first-order valence-corrected chi connectivity index (χ1v) is 5.84. The molecule has 6 nitrogen and oxygen atoms in total. The molecule has 0 bridgehead atoms. The fourth-order valence-corrected chi connectivity index (χ4v) is 1.66. The lowest BCUT2D eigenvalue weighted by Crippen LogP contribution is -2.49. The minimum absolute atomic E-state index is 0.122. The lowest BCUT2D eigenvalue weighted by Gasteiger charge is -2.30. The van der Waals surface area contributed by atoms with E-state index < -0.39 is 12.0 Å². The van der Waals surface area contributed by atoms with E-state index in [1.165, 1.54) is 16.8 Å². The summed E-state index contributed by atoms with van der Waals surface area (Å²) in [5, 5.41) is 17.8. The van der Waals surface area contributed by atoms with E-state index >= 15 is 0 Å². The van der Waals surface area contributed by atoms with Crippen molar-refractivity contribution in [1.82, 2.24) is 9.80 Å². The van der Waals surface area contributed by atoms with Crippen LogP contribution in [0.3, 0.4) is 0 Å². The molecule has 0 spiro atoms. The van der Waals surface area contributed by atoms with Crippen LogP contribution in [-0.2, 0) is 4.79 Å². The molecule has 0 saturated heterocycles. The van der Waals surface area contributed by atoms with E-state index in [1.807, 2.05) is 6.92 Å². The molecule has 6 heteroatoms. The van der Waals surface area contributed by atoms with Crippen molar-refractivity contribution in [1.29, 1.82) is 0 Å². The van der Waals surface area contributed by atoms with E-state index in [-0.39, 0.29) is 19.2 Å². The number of nitrogens with zero attached hydrogens (tertiary/aromatic N) is 2. The molecular weight excluding hydrogens is 224 g/mol. The molecule has 0 aromatic rings. The number of likely N-dealkylation sites (N-methyl/N-ethyl adjacent to an activating group) is 1. The normalized spacial score (nSPS) is 12.0. The topological polar surface area (TPSA) is 81.1 Å². The second-order valence-electron chi connectivity index (χ2n) is 3.87. The van der Waals surface area contributed by atoms with E-state index in [9.17, 15) is 9.59 Å². The van der Waals surface area contributed by atoms with Crippen LogP contribution in [-0.4, -0.2) is 64.8 Å². The molecule has 0 aliphatic rings. The van der Waals surface area contributed by atoms with E-state index in [4.69, 9.17) is 10.2 Å². The first-order chi connectivity index (χ1) is 7.99. The molecule has 0 fully saturated rings. The van der Waals surface area contributed by atoms with E-state index in [0.717, 1.165) is 6.42 Å². The molecule has 0 radical (unpaired) electrons. The Labute approximate surface area is 102 Å². The average Bonchev–Trinajstić information content (AvgIpc) is 2.28. The maximum absolute atomic E-state index is 12.0. The molecule has 2 N–H and O–H groups in total. The highest BCUT2D eigenvalue weighted by molar-refractivity contribution is 5.82. The van der Waals surface area contributed by atoms with Crippen molar-refractivity contribution in [2.75, 3.05) is 26.7 Å². The van der Waals surface area contributed by atoms with Crippen molar-refractivity contribution in [3.8, 4) is 0 Å². The van der Waals surface area contributed by atoms with Gasteiger partial charge in [0.1, 0.15) is 6.04 Å². The third-order valence-corrected chi connectivity index (χ3v) is 2.57. The van der Waals surface area contributed by atoms with Gasteiger partial charge in [-0.3, -0.25) is 0 Å². The SMILES string of the molecule is CCCN(CCO)C(=O)N(C)C(CC)C(=O)O. The molecule has 1 atom stereocenters. The minimum atomic E-state index is -1.01. The van der Waals surface area contributed by atoms with Gasteiger partial charge < -0.3 is 20.0 Å². The summed E-state index contributed by atoms with van der Waals surface area (Å²) < 4.78 is 0. The van der Waals surface area contributed by atoms with Gasteiger partial charge in [0.15, 0.2) is 0 Å². The lowest BCUT2D eigenvalue weighted by molar-refractivity contribution is -0.142. The summed E-state index contributed by atoms with van der Waals surface area (Å²) >= 11 is 0. The predicted molar refractivity (Wildman–Crippen MR) is 63.8 cm³/mol. The highest BCUT2D eigenvalue weighted by Gasteiger charge is 2.27. The number of aliphatic hydroxyl groups excluding tert-OH is 1. The monoisotopic (exact) mass is 246 g/mol. The van der Waals surface area contributed by atoms with Gasteiger partial charge in [-0.05, 0) is 12.8 Å². The molecule has 0 aliphatic carbocycles. The van der Waals surface area contributed by atoms with E-state index in [1.54, 1.807) is 6.92 Å². The van der Waals surface area contributed by atoms with Crippen LogP contribution in [0.2, 0.25) is 0 Å². The standard InChI is InChI=1S/C11H22N2O4/c1-4-6-13(7-8-14)11(17)12(3)9(5-2)10(15)16/h9,14H,4-8H2,1-3H3,(H,15,16). The Morgan fingerprint density at radius 2 is 1.82 bits per heavy atom. The average molecular weight is 246 g/mol. The maximum Gasteiger partial charge on any atom is 0.326 e. The van der Waals surface area contributed by atoms with Gasteiger partial charge in [0.25, 0.3) is 0 Å². The Morgan fingerprint density at radius 1 is 1.24 bits per heavy atom. The third kappa shape index (κ3) is 4.60. The zero-order valence-corrected chi connectivity index (χ0v) is 10.7. The number of carbonyl (C=O) groups is 2. The molecular formula is C11H22N2O4. The van der Waals surface area contributed by atoms with Gasteiger partial charge in [-0.1, -0.05) is 13.8 Å². The first kappa shape index (κ1) is 15.7. The molecule has 1 unspecified atom stereocenters. The molecule has 0 aromatic heterocycles. The van der Waals surface area contributed by atoms with Crippen molar-refractivity contribution in [2.45, 2.75) is 32.7 Å². The number of amides is 2. The third-order valence-electron chi connectivity index (χ3n) is 2.57. The smallest absolute Gasteiger partial charge is 0.326 e. The largest absolute Gasteiger partial charge is 0.480 e. The highest BCUT2D eigenvalue weighted by Crippen LogP contribution is 2.07. The summed E-state index contributed by atoms with van der Waals surface area (Å²) in [7, 11) is 1.48. The van der Waals surface area contributed by atoms with Crippen LogP contribution in [0.25, 0.3) is 0 Å². The van der Waals surface area contributed by atoms with Crippen molar-refractivity contribution in [3.05, 3.63) is 0 Å². The Kier molecular flexibility index (Phi) is 7.29. The van der Waals surface area contributed by atoms with Gasteiger partial charge in [0.2, 0.25) is 0 Å². The van der Waals surface area contributed by atoms with Gasteiger partial charge in [0, 0.05) is 20.1 Å². The number of carboxylic acids is 1. The van der Waals surface area contributed by atoms with Gasteiger partial charge >= 0.3 is 12.0 Å². The Morgan fingerprint density at radius 3 is 2.18 bits per heavy atom. The first-order valence-electron chi connectivity index (χ1n) is 5.84. The van der Waals surface area contributed by atoms with Crippen molar-refractivity contribution in [2.24, 2.45) is 0 Å². The molecule has 2 amide bonds. The van der Waals surface area contributed by atoms with Crippen LogP contribution in [0, 0.1) is 0 Å². The number of hydrogen-bond acceptors (Lipinski definition) is 3. The predicted octanol–water partition coefficient (Wildman–Crippen LogP) is 0.606. The fourth-order valence-electron chi connectivity index (χ4n) is 1.66. The van der Waals surface area contributed by atoms with Crippen LogP contribution in [0.4, 0.5) is 4.79 Å². The Balaban J connectivity index is 4.67. The van der Waals surface area contributed by atoms with E-state index in [2.05, 4.69) is 0 Å². The number of aliphatic carboxylic acids is 1. The number of hydrogen-bond donors (Lipinski definition) is 2. The summed E-state index contributed by atoms with van der Waals surface area (Å²) in [4.78, 5) is 25.6. The highest BCUT2D eigenvalue weighted by atomic mass is 16.4. The fraction of sp³-hybridized carbons (Fsp3) is 0.818. The number of urea groups is 1. The summed E-state index contributed by atoms with van der Waals surface area (Å²) in [6, 6.07) is -1.17. The number of aliphatic hydroxyl groups is 1. The lowest BCUT2D eigenvalue weighted by atomic mass is 10.2. The zero-order valence-electron chi connectivity index (χ0n) is 10.7. The summed E-state index contributed by atoms with van der Waals surface area (Å²) in [6.45, 7) is 4.27. The molecule has 0 heterocycles. The Bertz CT molecular complexity index is 252. The molecule has 0 aromatic carbocycles. The number of carbonyl (C=O) groups excluding carboxylic acids is 1. The maximum atomic E-state index is 12.0. The van der Waals surface area contributed by atoms with Crippen LogP contribution in [0.1, 0.15) is 26.7 Å². The van der Waals surface area contributed by atoms with E-state index in [0.29, 0.717) is 13.0 Å². The summed E-state index contributed by atoms with van der Waals surface area (Å²) in [6.07, 6.45) is 1.13. The van der Waals surface area contributed by atoms with Gasteiger partial charge in [-0.25, -0.2) is 9.59 Å². The molecule has 100 valence electrons. The second-order valence-corrected chi connectivity index (χ2v) is 3.87. The van der Waals surface area contributed by atoms with Gasteiger partial charge in [-0.15, -0.1) is 0 Å². The Hall–Kier alpha value is -1.30. The molecule has 0 rings (SSSR count). The van der Waals surface area contributed by atoms with Crippen LogP contribution in [0.15, 0.2) is 0 Å². The minimum Gasteiger partial charge on any atom is -0.480 e. The van der Waals surface area contributed by atoms with Crippen molar-refractivity contribution in [3.63, 3.8) is 0 Å². The van der Waals surface area contributed by atoms with Crippen LogP contribution in [0.5, 0.6) is 0 Å².